The quantitative estimate of drug-likeness (QED) is 0.383. The van der Waals surface area contributed by atoms with Crippen molar-refractivity contribution in [2.24, 2.45) is 0 Å². The number of hydrogen-bond acceptors (Lipinski definition) is 5. The van der Waals surface area contributed by atoms with Crippen LogP contribution in [0.5, 0.6) is 0 Å². The molecule has 0 aromatic rings. The molecule has 12 heavy (non-hydrogen) atoms. The van der Waals surface area contributed by atoms with Crippen LogP contribution in [0.2, 0.25) is 0 Å². The van der Waals surface area contributed by atoms with Crippen molar-refractivity contribution in [3.05, 3.63) is 0 Å². The van der Waals surface area contributed by atoms with Gasteiger partial charge < -0.3 is 19.2 Å². The average molecular weight is 234 g/mol. The summed E-state index contributed by atoms with van der Waals surface area (Å²) in [6, 6.07) is 0. The summed E-state index contributed by atoms with van der Waals surface area (Å²) in [5, 5.41) is 0. The van der Waals surface area contributed by atoms with Gasteiger partial charge in [0.15, 0.2) is 0 Å². The average Bonchev–Trinajstić information content (AvgIpc) is 1.60. The maximum absolute atomic E-state index is 10.3. The van der Waals surface area contributed by atoms with E-state index in [1.165, 1.54) is 6.92 Å². The molecule has 0 aliphatic heterocycles. The first-order chi connectivity index (χ1) is 4.27. The smallest absolute Gasteiger partial charge is 0.778 e. The second-order valence-electron chi connectivity index (χ2n) is 1.48. The van der Waals surface area contributed by atoms with Gasteiger partial charge in [-0.25, -0.2) is 0 Å². The first kappa shape index (κ1) is 19.8. The Balaban J connectivity index is -0.000000405. The fourth-order valence-electron chi connectivity index (χ4n) is 0.215. The molecule has 0 aliphatic carbocycles. The van der Waals surface area contributed by atoms with Crippen LogP contribution in [0, 0.1) is 0 Å². The van der Waals surface area contributed by atoms with Crippen LogP contribution in [-0.4, -0.2) is 11.1 Å². The van der Waals surface area contributed by atoms with E-state index in [2.05, 4.69) is 4.31 Å². The predicted octanol–water partition coefficient (Wildman–Crippen LogP) is -6.95. The van der Waals surface area contributed by atoms with E-state index in [-0.39, 0.29) is 59.1 Å². The summed E-state index contributed by atoms with van der Waals surface area (Å²) in [4.78, 5) is 28.0. The van der Waals surface area contributed by atoms with Crippen LogP contribution in [0.15, 0.2) is 0 Å². The van der Waals surface area contributed by atoms with Crippen molar-refractivity contribution >= 4 is 15.4 Å². The van der Waals surface area contributed by atoms with Crippen molar-refractivity contribution in [3.63, 3.8) is 0 Å². The largest absolute Gasteiger partial charge is 1.00 e. The van der Waals surface area contributed by atoms with Crippen LogP contribution in [0.3, 0.4) is 0 Å². The van der Waals surface area contributed by atoms with E-state index in [1.54, 1.807) is 0 Å². The zero-order chi connectivity index (χ0) is 8.41. The fourth-order valence-corrected chi connectivity index (χ4v) is 1.93. The maximum atomic E-state index is 10.3. The Hall–Kier alpha value is 2.30. The maximum Gasteiger partial charge on any atom is 1.00 e. The van der Waals surface area contributed by atoms with E-state index in [0.29, 0.717) is 0 Å². The molecule has 0 fully saturated rings. The second kappa shape index (κ2) is 7.57. The van der Waals surface area contributed by atoms with Gasteiger partial charge >= 0.3 is 59.1 Å². The van der Waals surface area contributed by atoms with E-state index < -0.39 is 21.6 Å². The Labute approximate surface area is 114 Å². The van der Waals surface area contributed by atoms with Crippen molar-refractivity contribution in [2.45, 2.75) is 6.92 Å². The van der Waals surface area contributed by atoms with Gasteiger partial charge in [-0.3, -0.25) is 8.88 Å². The topological polar surface area (TPSA) is 110 Å². The van der Waals surface area contributed by atoms with E-state index >= 15 is 0 Å². The molecule has 0 radical (unpaired) electrons. The Morgan fingerprint density at radius 1 is 1.33 bits per heavy atom. The SMILES string of the molecule is CCP(=O)([O-])OP(=O)([O-])O.[Na+].[Na+]. The molecule has 0 saturated carbocycles. The van der Waals surface area contributed by atoms with Crippen LogP contribution in [0.1, 0.15) is 6.92 Å². The summed E-state index contributed by atoms with van der Waals surface area (Å²) < 4.78 is 23.4. The zero-order valence-electron chi connectivity index (χ0n) is 7.09. The van der Waals surface area contributed by atoms with Crippen LogP contribution < -0.4 is 68.9 Å². The molecular formula is C2H6Na2O6P2. The fraction of sp³-hybridized carbons (Fsp3) is 1.00. The third-order valence-electron chi connectivity index (χ3n) is 0.615. The normalized spacial score (nSPS) is 19.3. The summed E-state index contributed by atoms with van der Waals surface area (Å²) in [6.07, 6.45) is -0.472. The van der Waals surface area contributed by atoms with Crippen LogP contribution >= 0.6 is 15.4 Å². The third-order valence-corrected chi connectivity index (χ3v) is 3.21. The monoisotopic (exact) mass is 234 g/mol. The molecule has 0 amide bonds. The molecule has 6 nitrogen and oxygen atoms in total. The number of phosphoric acid groups is 1. The van der Waals surface area contributed by atoms with Gasteiger partial charge in [0.1, 0.15) is 7.60 Å². The molecule has 2 atom stereocenters. The van der Waals surface area contributed by atoms with E-state index in [9.17, 15) is 18.9 Å². The minimum absolute atomic E-state index is 0. The van der Waals surface area contributed by atoms with Crippen molar-refractivity contribution in [2.75, 3.05) is 6.16 Å². The first-order valence-corrected chi connectivity index (χ1v) is 5.54. The molecule has 0 heterocycles. The van der Waals surface area contributed by atoms with E-state index in [1.807, 2.05) is 0 Å². The minimum atomic E-state index is -5.13. The molecule has 0 rings (SSSR count). The van der Waals surface area contributed by atoms with Crippen LogP contribution in [0.4, 0.5) is 0 Å². The standard InChI is InChI=1S/C2H8O6P2.2Na/c1-2-9(3,4)8-10(5,6)7;;/h2H2,1H3,(H,3,4)(H2,5,6,7);;/q;2*+1/p-2. The molecule has 62 valence electrons. The molecular weight excluding hydrogens is 228 g/mol. The van der Waals surface area contributed by atoms with Gasteiger partial charge in [-0.05, 0) is 0 Å². The third kappa shape index (κ3) is 12.3. The second-order valence-corrected chi connectivity index (χ2v) is 4.92. The van der Waals surface area contributed by atoms with Crippen molar-refractivity contribution in [1.29, 1.82) is 0 Å². The van der Waals surface area contributed by atoms with Gasteiger partial charge in [-0.15, -0.1) is 0 Å². The van der Waals surface area contributed by atoms with Crippen molar-refractivity contribution in [1.82, 2.24) is 0 Å². The van der Waals surface area contributed by atoms with Crippen LogP contribution in [0.25, 0.3) is 0 Å². The zero-order valence-corrected chi connectivity index (χ0v) is 12.9. The molecule has 0 aromatic heterocycles. The van der Waals surface area contributed by atoms with Crippen LogP contribution in [-0.2, 0) is 13.4 Å². The summed E-state index contributed by atoms with van der Waals surface area (Å²) >= 11 is 0. The molecule has 2 unspecified atom stereocenters. The van der Waals surface area contributed by atoms with Gasteiger partial charge in [-0.2, -0.15) is 0 Å². The Morgan fingerprint density at radius 2 is 1.67 bits per heavy atom. The molecule has 0 aromatic carbocycles. The van der Waals surface area contributed by atoms with Gasteiger partial charge in [-0.1, -0.05) is 6.92 Å². The molecule has 10 heteroatoms. The van der Waals surface area contributed by atoms with Gasteiger partial charge in [0.05, 0.1) is 0 Å². The molecule has 0 saturated heterocycles. The van der Waals surface area contributed by atoms with E-state index in [0.717, 1.165) is 0 Å². The first-order valence-electron chi connectivity index (χ1n) is 2.32. The minimum Gasteiger partial charge on any atom is -0.778 e. The molecule has 0 bridgehead atoms. The van der Waals surface area contributed by atoms with Crippen molar-refractivity contribution in [3.8, 4) is 0 Å². The summed E-state index contributed by atoms with van der Waals surface area (Å²) in [7, 11) is -9.50. The number of hydrogen-bond donors (Lipinski definition) is 1. The molecule has 0 spiro atoms. The molecule has 0 aliphatic rings. The predicted molar refractivity (Wildman–Crippen MR) is 29.1 cm³/mol. The summed E-state index contributed by atoms with van der Waals surface area (Å²) in [5.41, 5.74) is 0. The summed E-state index contributed by atoms with van der Waals surface area (Å²) in [6.45, 7) is 1.20. The Morgan fingerprint density at radius 3 is 1.75 bits per heavy atom. The molecule has 1 N–H and O–H groups in total. The summed E-state index contributed by atoms with van der Waals surface area (Å²) in [5.74, 6) is 0. The van der Waals surface area contributed by atoms with Gasteiger partial charge in [0.2, 0.25) is 0 Å². The Bertz CT molecular complexity index is 200. The van der Waals surface area contributed by atoms with Crippen molar-refractivity contribution < 1.29 is 87.2 Å². The Kier molecular flexibility index (Phi) is 12.5. The van der Waals surface area contributed by atoms with Gasteiger partial charge in [0.25, 0.3) is 7.82 Å². The van der Waals surface area contributed by atoms with Gasteiger partial charge in [0, 0.05) is 6.16 Å². The van der Waals surface area contributed by atoms with E-state index in [4.69, 9.17) is 4.89 Å². The number of rotatable bonds is 3.